The minimum Gasteiger partial charge on any atom is -0.334 e. The number of aryl methyl sites for hydroxylation is 1. The van der Waals surface area contributed by atoms with Crippen LogP contribution in [0.15, 0.2) is 24.7 Å². The molecule has 0 saturated carbocycles. The standard InChI is InChI=1S/C15H23N5/c1-2-8-20-10-7-16-15(20)12-19-9-3-4-13(11-19)14-5-6-17-18-14/h5-7,10,13H,2-4,8-9,11-12H2,1H3,(H,17,18)/t13-/m0/s1. The van der Waals surface area contributed by atoms with Crippen LogP contribution in [0, 0.1) is 0 Å². The number of hydrogen-bond acceptors (Lipinski definition) is 3. The van der Waals surface area contributed by atoms with Gasteiger partial charge in [-0.25, -0.2) is 4.98 Å². The first-order valence-corrected chi connectivity index (χ1v) is 7.58. The van der Waals surface area contributed by atoms with Gasteiger partial charge in [0, 0.05) is 43.3 Å². The lowest BCUT2D eigenvalue weighted by molar-refractivity contribution is 0.192. The summed E-state index contributed by atoms with van der Waals surface area (Å²) in [5.41, 5.74) is 1.27. The zero-order valence-electron chi connectivity index (χ0n) is 12.1. The molecule has 5 nitrogen and oxygen atoms in total. The molecule has 1 N–H and O–H groups in total. The van der Waals surface area contributed by atoms with Crippen LogP contribution in [0.2, 0.25) is 0 Å². The Hall–Kier alpha value is -1.62. The first-order chi connectivity index (χ1) is 9.86. The number of likely N-dealkylation sites (tertiary alicyclic amines) is 1. The summed E-state index contributed by atoms with van der Waals surface area (Å²) >= 11 is 0. The summed E-state index contributed by atoms with van der Waals surface area (Å²) in [6, 6.07) is 2.10. The molecule has 1 atom stereocenters. The maximum Gasteiger partial charge on any atom is 0.122 e. The zero-order valence-corrected chi connectivity index (χ0v) is 12.1. The van der Waals surface area contributed by atoms with E-state index in [9.17, 15) is 0 Å². The Morgan fingerprint density at radius 1 is 1.40 bits per heavy atom. The largest absolute Gasteiger partial charge is 0.334 e. The summed E-state index contributed by atoms with van der Waals surface area (Å²) in [7, 11) is 0. The molecule has 0 unspecified atom stereocenters. The van der Waals surface area contributed by atoms with Crippen LogP contribution in [0.4, 0.5) is 0 Å². The maximum atomic E-state index is 4.52. The predicted octanol–water partition coefficient (Wildman–Crippen LogP) is 2.40. The van der Waals surface area contributed by atoms with Gasteiger partial charge in [0.25, 0.3) is 0 Å². The Balaban J connectivity index is 1.64. The van der Waals surface area contributed by atoms with Crippen LogP contribution in [0.5, 0.6) is 0 Å². The van der Waals surface area contributed by atoms with Gasteiger partial charge in [0.15, 0.2) is 0 Å². The van der Waals surface area contributed by atoms with Crippen molar-refractivity contribution in [3.8, 4) is 0 Å². The van der Waals surface area contributed by atoms with Crippen LogP contribution in [-0.2, 0) is 13.1 Å². The number of aromatic amines is 1. The SMILES string of the molecule is CCCn1ccnc1CN1CCC[C@H](c2ccn[nH]2)C1. The number of H-pyrrole nitrogens is 1. The Labute approximate surface area is 120 Å². The molecule has 2 aromatic heterocycles. The molecular weight excluding hydrogens is 250 g/mol. The van der Waals surface area contributed by atoms with Crippen LogP contribution < -0.4 is 0 Å². The van der Waals surface area contributed by atoms with E-state index in [-0.39, 0.29) is 0 Å². The first-order valence-electron chi connectivity index (χ1n) is 7.58. The highest BCUT2D eigenvalue weighted by atomic mass is 15.2. The number of nitrogens with one attached hydrogen (secondary N) is 1. The van der Waals surface area contributed by atoms with E-state index >= 15 is 0 Å². The number of piperidine rings is 1. The number of imidazole rings is 1. The lowest BCUT2D eigenvalue weighted by Crippen LogP contribution is -2.34. The smallest absolute Gasteiger partial charge is 0.122 e. The summed E-state index contributed by atoms with van der Waals surface area (Å²) in [5, 5.41) is 7.20. The van der Waals surface area contributed by atoms with Crippen LogP contribution >= 0.6 is 0 Å². The average molecular weight is 273 g/mol. The van der Waals surface area contributed by atoms with Crippen LogP contribution in [0.3, 0.4) is 0 Å². The zero-order chi connectivity index (χ0) is 13.8. The fourth-order valence-corrected chi connectivity index (χ4v) is 3.08. The molecule has 5 heteroatoms. The van der Waals surface area contributed by atoms with E-state index in [0.717, 1.165) is 26.1 Å². The van der Waals surface area contributed by atoms with Crippen LogP contribution in [0.25, 0.3) is 0 Å². The highest BCUT2D eigenvalue weighted by Crippen LogP contribution is 2.25. The topological polar surface area (TPSA) is 49.7 Å². The van der Waals surface area contributed by atoms with E-state index in [4.69, 9.17) is 0 Å². The summed E-state index contributed by atoms with van der Waals surface area (Å²) < 4.78 is 2.28. The molecule has 0 aromatic carbocycles. The highest BCUT2D eigenvalue weighted by Gasteiger charge is 2.23. The summed E-state index contributed by atoms with van der Waals surface area (Å²) in [6.45, 7) is 6.49. The molecular formula is C15H23N5. The van der Waals surface area contributed by atoms with Gasteiger partial charge in [-0.05, 0) is 31.9 Å². The van der Waals surface area contributed by atoms with E-state index < -0.39 is 0 Å². The minimum atomic E-state index is 0.584. The molecule has 1 saturated heterocycles. The van der Waals surface area contributed by atoms with E-state index in [2.05, 4.69) is 43.8 Å². The van der Waals surface area contributed by atoms with Crippen molar-refractivity contribution in [2.24, 2.45) is 0 Å². The van der Waals surface area contributed by atoms with Crippen molar-refractivity contribution in [1.82, 2.24) is 24.6 Å². The van der Waals surface area contributed by atoms with E-state index in [1.54, 1.807) is 0 Å². The van der Waals surface area contributed by atoms with Crippen molar-refractivity contribution in [1.29, 1.82) is 0 Å². The molecule has 0 bridgehead atoms. The van der Waals surface area contributed by atoms with Crippen LogP contribution in [-0.4, -0.2) is 37.7 Å². The van der Waals surface area contributed by atoms with Gasteiger partial charge in [-0.15, -0.1) is 0 Å². The maximum absolute atomic E-state index is 4.52. The van der Waals surface area contributed by atoms with Gasteiger partial charge in [-0.1, -0.05) is 6.92 Å². The minimum absolute atomic E-state index is 0.584. The molecule has 0 radical (unpaired) electrons. The Morgan fingerprint density at radius 3 is 3.15 bits per heavy atom. The molecule has 3 heterocycles. The average Bonchev–Trinajstić information content (AvgIpc) is 3.12. The third-order valence-corrected chi connectivity index (χ3v) is 4.10. The highest BCUT2D eigenvalue weighted by molar-refractivity contribution is 5.07. The molecule has 2 aromatic rings. The molecule has 0 amide bonds. The molecule has 108 valence electrons. The van der Waals surface area contributed by atoms with Gasteiger partial charge in [-0.2, -0.15) is 5.10 Å². The molecule has 0 spiro atoms. The van der Waals surface area contributed by atoms with Crippen molar-refractivity contribution >= 4 is 0 Å². The van der Waals surface area contributed by atoms with E-state index in [0.29, 0.717) is 5.92 Å². The number of aromatic nitrogens is 4. The molecule has 1 aliphatic heterocycles. The first kappa shape index (κ1) is 13.4. The second kappa shape index (κ2) is 6.22. The lowest BCUT2D eigenvalue weighted by atomic mass is 9.95. The van der Waals surface area contributed by atoms with E-state index in [1.165, 1.54) is 30.9 Å². The molecule has 20 heavy (non-hydrogen) atoms. The number of nitrogens with zero attached hydrogens (tertiary/aromatic N) is 4. The lowest BCUT2D eigenvalue weighted by Gasteiger charge is -2.31. The second-order valence-electron chi connectivity index (χ2n) is 5.62. The van der Waals surface area contributed by atoms with Crippen molar-refractivity contribution in [3.05, 3.63) is 36.2 Å². The number of hydrogen-bond donors (Lipinski definition) is 1. The third kappa shape index (κ3) is 2.93. The summed E-state index contributed by atoms with van der Waals surface area (Å²) in [4.78, 5) is 7.04. The second-order valence-corrected chi connectivity index (χ2v) is 5.62. The Bertz CT molecular complexity index is 516. The number of rotatable bonds is 5. The van der Waals surface area contributed by atoms with Crippen molar-refractivity contribution in [2.45, 2.75) is 45.2 Å². The fraction of sp³-hybridized carbons (Fsp3) is 0.600. The van der Waals surface area contributed by atoms with Gasteiger partial charge in [0.1, 0.15) is 5.82 Å². The van der Waals surface area contributed by atoms with Crippen molar-refractivity contribution in [2.75, 3.05) is 13.1 Å². The van der Waals surface area contributed by atoms with Gasteiger partial charge in [-0.3, -0.25) is 10.00 Å². The van der Waals surface area contributed by atoms with Crippen molar-refractivity contribution in [3.63, 3.8) is 0 Å². The van der Waals surface area contributed by atoms with Gasteiger partial charge >= 0.3 is 0 Å². The molecule has 1 fully saturated rings. The summed E-state index contributed by atoms with van der Waals surface area (Å²) in [6.07, 6.45) is 9.51. The molecule has 3 rings (SSSR count). The van der Waals surface area contributed by atoms with Crippen LogP contribution in [0.1, 0.15) is 43.6 Å². The van der Waals surface area contributed by atoms with Gasteiger partial charge in [0.2, 0.25) is 0 Å². The van der Waals surface area contributed by atoms with Crippen molar-refractivity contribution < 1.29 is 0 Å². The Morgan fingerprint density at radius 2 is 2.35 bits per heavy atom. The quantitative estimate of drug-likeness (QED) is 0.910. The van der Waals surface area contributed by atoms with E-state index in [1.807, 2.05) is 12.4 Å². The summed E-state index contributed by atoms with van der Waals surface area (Å²) in [5.74, 6) is 1.78. The molecule has 0 aliphatic carbocycles. The van der Waals surface area contributed by atoms with Gasteiger partial charge in [0.05, 0.1) is 6.54 Å². The Kier molecular flexibility index (Phi) is 4.16. The normalized spacial score (nSPS) is 20.4. The fourth-order valence-electron chi connectivity index (χ4n) is 3.08. The molecule has 1 aliphatic rings. The monoisotopic (exact) mass is 273 g/mol. The predicted molar refractivity (Wildman–Crippen MR) is 78.4 cm³/mol. The third-order valence-electron chi connectivity index (χ3n) is 4.10. The van der Waals surface area contributed by atoms with Gasteiger partial charge < -0.3 is 4.57 Å².